The van der Waals surface area contributed by atoms with Crippen LogP contribution >= 0.6 is 11.8 Å². The van der Waals surface area contributed by atoms with Gasteiger partial charge < -0.3 is 14.8 Å². The third-order valence-electron chi connectivity index (χ3n) is 3.91. The molecule has 0 spiro atoms. The predicted molar refractivity (Wildman–Crippen MR) is 112 cm³/mol. The first-order valence-corrected chi connectivity index (χ1v) is 10.1. The normalized spacial score (nSPS) is 10.2. The fourth-order valence-corrected chi connectivity index (χ4v) is 3.03. The van der Waals surface area contributed by atoms with E-state index in [9.17, 15) is 9.59 Å². The molecule has 0 bridgehead atoms. The summed E-state index contributed by atoms with van der Waals surface area (Å²) in [5, 5.41) is 3.25. The Morgan fingerprint density at radius 1 is 1.00 bits per heavy atom. The number of esters is 1. The van der Waals surface area contributed by atoms with Crippen molar-refractivity contribution in [2.24, 2.45) is 0 Å². The lowest BCUT2D eigenvalue weighted by molar-refractivity contribution is -0.119. The van der Waals surface area contributed by atoms with Gasteiger partial charge in [0.25, 0.3) is 5.91 Å². The summed E-state index contributed by atoms with van der Waals surface area (Å²) in [5.74, 6) is -0.312. The molecule has 29 heavy (non-hydrogen) atoms. The van der Waals surface area contributed by atoms with E-state index in [4.69, 9.17) is 9.47 Å². The number of carbonyl (C=O) groups is 2. The molecule has 7 heteroatoms. The quantitative estimate of drug-likeness (QED) is 0.445. The van der Waals surface area contributed by atoms with Crippen molar-refractivity contribution in [3.63, 3.8) is 0 Å². The Balaban J connectivity index is 1.47. The number of aromatic nitrogens is 1. The number of amides is 1. The van der Waals surface area contributed by atoms with E-state index in [1.54, 1.807) is 42.6 Å². The molecule has 6 nitrogen and oxygen atoms in total. The van der Waals surface area contributed by atoms with Crippen LogP contribution < -0.4 is 10.1 Å². The summed E-state index contributed by atoms with van der Waals surface area (Å²) in [7, 11) is 0. The number of pyridine rings is 1. The monoisotopic (exact) mass is 408 g/mol. The second-order valence-corrected chi connectivity index (χ2v) is 6.78. The summed E-state index contributed by atoms with van der Waals surface area (Å²) < 4.78 is 10.8. The highest BCUT2D eigenvalue weighted by atomic mass is 32.2. The Kier molecular flexibility index (Phi) is 7.24. The van der Waals surface area contributed by atoms with E-state index in [1.165, 1.54) is 11.8 Å². The number of ether oxygens (including phenoxy) is 2. The minimum Gasteiger partial charge on any atom is -0.489 e. The van der Waals surface area contributed by atoms with Gasteiger partial charge in [-0.3, -0.25) is 4.79 Å². The summed E-state index contributed by atoms with van der Waals surface area (Å²) in [6.07, 6.45) is 3.42. The van der Waals surface area contributed by atoms with Crippen LogP contribution in [0.1, 0.15) is 15.9 Å². The Morgan fingerprint density at radius 2 is 1.76 bits per heavy atom. The second kappa shape index (κ2) is 10.3. The number of nitrogens with one attached hydrogen (secondary N) is 1. The van der Waals surface area contributed by atoms with Crippen molar-refractivity contribution in [3.05, 3.63) is 84.1 Å². The molecule has 0 saturated heterocycles. The van der Waals surface area contributed by atoms with Crippen molar-refractivity contribution in [1.82, 2.24) is 4.98 Å². The summed E-state index contributed by atoms with van der Waals surface area (Å²) in [4.78, 5) is 28.3. The van der Waals surface area contributed by atoms with Gasteiger partial charge in [0.2, 0.25) is 0 Å². The molecule has 0 aliphatic carbocycles. The molecule has 1 aromatic heterocycles. The molecule has 1 N–H and O–H groups in total. The number of rotatable bonds is 8. The first-order chi connectivity index (χ1) is 14.2. The van der Waals surface area contributed by atoms with Gasteiger partial charge in [0, 0.05) is 11.9 Å². The molecule has 0 atom stereocenters. The van der Waals surface area contributed by atoms with Crippen LogP contribution in [-0.4, -0.2) is 29.7 Å². The van der Waals surface area contributed by atoms with Crippen molar-refractivity contribution >= 4 is 29.3 Å². The largest absolute Gasteiger partial charge is 0.489 e. The number of hydrogen-bond donors (Lipinski definition) is 1. The van der Waals surface area contributed by atoms with Gasteiger partial charge in [0.05, 0.1) is 5.56 Å². The van der Waals surface area contributed by atoms with Crippen LogP contribution in [0.25, 0.3) is 0 Å². The fraction of sp³-hybridized carbons (Fsp3) is 0.136. The lowest BCUT2D eigenvalue weighted by atomic mass is 10.2. The van der Waals surface area contributed by atoms with Gasteiger partial charge in [0.1, 0.15) is 17.4 Å². The molecule has 0 radical (unpaired) electrons. The van der Waals surface area contributed by atoms with E-state index in [2.05, 4.69) is 10.3 Å². The number of benzene rings is 2. The minimum absolute atomic E-state index is 0.340. The number of anilines is 1. The zero-order valence-corrected chi connectivity index (χ0v) is 16.6. The number of thioether (sulfide) groups is 1. The Morgan fingerprint density at radius 3 is 2.48 bits per heavy atom. The lowest BCUT2D eigenvalue weighted by Gasteiger charge is -2.09. The number of hydrogen-bond acceptors (Lipinski definition) is 6. The standard InChI is InChI=1S/C22H20N2O4S/c1-29-21-19(8-5-13-23-21)22(26)28-15-20(25)24-17-9-11-18(12-10-17)27-14-16-6-3-2-4-7-16/h2-13H,14-15H2,1H3,(H,24,25). The Bertz CT molecular complexity index is 962. The summed E-state index contributed by atoms with van der Waals surface area (Å²) >= 11 is 1.34. The summed E-state index contributed by atoms with van der Waals surface area (Å²) in [5.41, 5.74) is 2.00. The van der Waals surface area contributed by atoms with Crippen LogP contribution in [0, 0.1) is 0 Å². The molecule has 2 aromatic carbocycles. The van der Waals surface area contributed by atoms with Gasteiger partial charge in [-0.15, -0.1) is 11.8 Å². The van der Waals surface area contributed by atoms with E-state index in [-0.39, 0.29) is 6.61 Å². The van der Waals surface area contributed by atoms with Crippen molar-refractivity contribution in [2.75, 3.05) is 18.2 Å². The maximum absolute atomic E-state index is 12.1. The van der Waals surface area contributed by atoms with Gasteiger partial charge in [-0.2, -0.15) is 0 Å². The van der Waals surface area contributed by atoms with Crippen LogP contribution in [0.4, 0.5) is 5.69 Å². The molecule has 0 saturated carbocycles. The highest BCUT2D eigenvalue weighted by Crippen LogP contribution is 2.18. The Labute approximate surface area is 173 Å². The average molecular weight is 408 g/mol. The molecule has 0 unspecified atom stereocenters. The van der Waals surface area contributed by atoms with Gasteiger partial charge in [-0.05, 0) is 48.2 Å². The zero-order chi connectivity index (χ0) is 20.5. The van der Waals surface area contributed by atoms with Gasteiger partial charge in [-0.1, -0.05) is 30.3 Å². The maximum atomic E-state index is 12.1. The average Bonchev–Trinajstić information content (AvgIpc) is 2.77. The van der Waals surface area contributed by atoms with Crippen molar-refractivity contribution in [1.29, 1.82) is 0 Å². The minimum atomic E-state index is -0.581. The molecule has 1 amide bonds. The van der Waals surface area contributed by atoms with Crippen molar-refractivity contribution in [2.45, 2.75) is 11.6 Å². The van der Waals surface area contributed by atoms with Crippen molar-refractivity contribution in [3.8, 4) is 5.75 Å². The predicted octanol–water partition coefficient (Wildman–Crippen LogP) is 4.18. The molecular formula is C22H20N2O4S. The molecule has 3 aromatic rings. The summed E-state index contributed by atoms with van der Waals surface area (Å²) in [6.45, 7) is 0.0860. The van der Waals surface area contributed by atoms with E-state index >= 15 is 0 Å². The molecule has 148 valence electrons. The first-order valence-electron chi connectivity index (χ1n) is 8.88. The highest BCUT2D eigenvalue weighted by Gasteiger charge is 2.14. The second-order valence-electron chi connectivity index (χ2n) is 5.98. The van der Waals surface area contributed by atoms with Gasteiger partial charge in [-0.25, -0.2) is 9.78 Å². The van der Waals surface area contributed by atoms with Crippen LogP contribution in [0.2, 0.25) is 0 Å². The van der Waals surface area contributed by atoms with E-state index in [0.29, 0.717) is 28.6 Å². The molecule has 0 aliphatic rings. The van der Waals surface area contributed by atoms with Gasteiger partial charge in [0.15, 0.2) is 6.61 Å². The smallest absolute Gasteiger partial charge is 0.341 e. The third-order valence-corrected chi connectivity index (χ3v) is 4.62. The molecule has 3 rings (SSSR count). The van der Waals surface area contributed by atoms with E-state index in [0.717, 1.165) is 5.56 Å². The lowest BCUT2D eigenvalue weighted by Crippen LogP contribution is -2.21. The molecule has 0 aliphatic heterocycles. The maximum Gasteiger partial charge on any atom is 0.341 e. The van der Waals surface area contributed by atoms with E-state index < -0.39 is 11.9 Å². The number of carbonyl (C=O) groups excluding carboxylic acids is 2. The van der Waals surface area contributed by atoms with Gasteiger partial charge >= 0.3 is 5.97 Å². The Hall–Kier alpha value is -3.32. The van der Waals surface area contributed by atoms with Crippen LogP contribution in [0.5, 0.6) is 5.75 Å². The van der Waals surface area contributed by atoms with Crippen LogP contribution in [-0.2, 0) is 16.1 Å². The highest BCUT2D eigenvalue weighted by molar-refractivity contribution is 7.98. The zero-order valence-electron chi connectivity index (χ0n) is 15.8. The summed E-state index contributed by atoms with van der Waals surface area (Å²) in [6, 6.07) is 20.1. The topological polar surface area (TPSA) is 77.5 Å². The third kappa shape index (κ3) is 6.08. The first kappa shape index (κ1) is 20.4. The van der Waals surface area contributed by atoms with Crippen LogP contribution in [0.15, 0.2) is 78.0 Å². The molecule has 0 fully saturated rings. The number of nitrogens with zero attached hydrogens (tertiary/aromatic N) is 1. The SMILES string of the molecule is CSc1ncccc1C(=O)OCC(=O)Nc1ccc(OCc2ccccc2)cc1. The molecule has 1 heterocycles. The van der Waals surface area contributed by atoms with Crippen LogP contribution in [0.3, 0.4) is 0 Å². The van der Waals surface area contributed by atoms with Crippen molar-refractivity contribution < 1.29 is 19.1 Å². The molecular weight excluding hydrogens is 388 g/mol. The fourth-order valence-electron chi connectivity index (χ4n) is 2.49. The van der Waals surface area contributed by atoms with E-state index in [1.807, 2.05) is 36.6 Å².